The zero-order valence-electron chi connectivity index (χ0n) is 13.6. The molecule has 0 saturated carbocycles. The van der Waals surface area contributed by atoms with Crippen molar-refractivity contribution in [2.75, 3.05) is 24.6 Å². The minimum Gasteiger partial charge on any atom is -0.343 e. The molecule has 2 aliphatic rings. The summed E-state index contributed by atoms with van der Waals surface area (Å²) in [4.78, 5) is 14.4. The SMILES string of the molecule is CC(C)(C)[C@H]1CCCN(C(=O)C[C@H]2CCS(=O)(=O)C2)CC1. The van der Waals surface area contributed by atoms with Crippen LogP contribution < -0.4 is 0 Å². The van der Waals surface area contributed by atoms with Crippen LogP contribution in [0, 0.1) is 17.3 Å². The van der Waals surface area contributed by atoms with E-state index in [-0.39, 0.29) is 23.3 Å². The molecular weight excluding hydrogens is 286 g/mol. The molecule has 21 heavy (non-hydrogen) atoms. The predicted molar refractivity (Wildman–Crippen MR) is 84.8 cm³/mol. The molecule has 1 amide bonds. The first-order chi connectivity index (χ1) is 9.67. The molecule has 0 aromatic carbocycles. The second-order valence-corrected chi connectivity index (χ2v) is 10.1. The summed E-state index contributed by atoms with van der Waals surface area (Å²) in [6.45, 7) is 8.50. The number of carbonyl (C=O) groups is 1. The van der Waals surface area contributed by atoms with Gasteiger partial charge in [0.15, 0.2) is 9.84 Å². The van der Waals surface area contributed by atoms with Crippen molar-refractivity contribution in [1.29, 1.82) is 0 Å². The summed E-state index contributed by atoms with van der Waals surface area (Å²) in [5, 5.41) is 0. The summed E-state index contributed by atoms with van der Waals surface area (Å²) in [7, 11) is -2.88. The van der Waals surface area contributed by atoms with Crippen molar-refractivity contribution >= 4 is 15.7 Å². The standard InChI is InChI=1S/C16H29NO3S/c1-16(2,3)14-5-4-8-17(9-6-14)15(18)11-13-7-10-21(19,20)12-13/h13-14H,4-12H2,1-3H3/t13-,14+/m1/s1. The van der Waals surface area contributed by atoms with E-state index >= 15 is 0 Å². The van der Waals surface area contributed by atoms with Crippen LogP contribution in [0.4, 0.5) is 0 Å². The van der Waals surface area contributed by atoms with E-state index in [4.69, 9.17) is 0 Å². The summed E-state index contributed by atoms with van der Waals surface area (Å²) in [5.74, 6) is 1.34. The lowest BCUT2D eigenvalue weighted by molar-refractivity contribution is -0.132. The molecule has 0 unspecified atom stereocenters. The first-order valence-corrected chi connectivity index (χ1v) is 9.98. The molecule has 4 nitrogen and oxygen atoms in total. The van der Waals surface area contributed by atoms with Crippen molar-refractivity contribution in [1.82, 2.24) is 4.90 Å². The second kappa shape index (κ2) is 6.27. The number of amides is 1. The zero-order chi connectivity index (χ0) is 15.7. The van der Waals surface area contributed by atoms with Crippen LogP contribution in [0.25, 0.3) is 0 Å². The Kier molecular flexibility index (Phi) is 5.01. The summed E-state index contributed by atoms with van der Waals surface area (Å²) in [5.41, 5.74) is 0.304. The Balaban J connectivity index is 1.86. The van der Waals surface area contributed by atoms with Gasteiger partial charge in [-0.1, -0.05) is 20.8 Å². The monoisotopic (exact) mass is 315 g/mol. The third kappa shape index (κ3) is 4.70. The van der Waals surface area contributed by atoms with E-state index in [9.17, 15) is 13.2 Å². The van der Waals surface area contributed by atoms with Crippen LogP contribution in [0.5, 0.6) is 0 Å². The second-order valence-electron chi connectivity index (χ2n) is 7.85. The van der Waals surface area contributed by atoms with Gasteiger partial charge in [0, 0.05) is 19.5 Å². The van der Waals surface area contributed by atoms with Crippen LogP contribution in [-0.2, 0) is 14.6 Å². The van der Waals surface area contributed by atoms with E-state index in [0.717, 1.165) is 25.9 Å². The Morgan fingerprint density at radius 2 is 1.86 bits per heavy atom. The predicted octanol–water partition coefficient (Wildman–Crippen LogP) is 2.49. The fourth-order valence-electron chi connectivity index (χ4n) is 3.62. The van der Waals surface area contributed by atoms with Crippen LogP contribution in [-0.4, -0.2) is 43.8 Å². The molecule has 0 spiro atoms. The molecule has 2 saturated heterocycles. The third-order valence-electron chi connectivity index (χ3n) is 5.10. The van der Waals surface area contributed by atoms with Crippen molar-refractivity contribution in [2.24, 2.45) is 17.3 Å². The van der Waals surface area contributed by atoms with Gasteiger partial charge in [-0.25, -0.2) is 8.42 Å². The van der Waals surface area contributed by atoms with E-state index < -0.39 is 9.84 Å². The van der Waals surface area contributed by atoms with Crippen LogP contribution in [0.3, 0.4) is 0 Å². The van der Waals surface area contributed by atoms with Gasteiger partial charge in [-0.3, -0.25) is 4.79 Å². The highest BCUT2D eigenvalue weighted by atomic mass is 32.2. The Hall–Kier alpha value is -0.580. The molecular formula is C16H29NO3S. The van der Waals surface area contributed by atoms with Gasteiger partial charge in [0.1, 0.15) is 0 Å². The Morgan fingerprint density at radius 3 is 2.43 bits per heavy atom. The smallest absolute Gasteiger partial charge is 0.222 e. The molecule has 0 aromatic rings. The van der Waals surface area contributed by atoms with Crippen molar-refractivity contribution in [2.45, 2.75) is 52.9 Å². The van der Waals surface area contributed by atoms with Crippen LogP contribution >= 0.6 is 0 Å². The summed E-state index contributed by atoms with van der Waals surface area (Å²) < 4.78 is 23.0. The third-order valence-corrected chi connectivity index (χ3v) is 6.93. The van der Waals surface area contributed by atoms with Crippen LogP contribution in [0.1, 0.15) is 52.9 Å². The topological polar surface area (TPSA) is 54.5 Å². The van der Waals surface area contributed by atoms with Gasteiger partial charge in [-0.05, 0) is 42.9 Å². The molecule has 122 valence electrons. The molecule has 5 heteroatoms. The van der Waals surface area contributed by atoms with Crippen molar-refractivity contribution in [3.63, 3.8) is 0 Å². The van der Waals surface area contributed by atoms with Gasteiger partial charge in [0.05, 0.1) is 11.5 Å². The van der Waals surface area contributed by atoms with E-state index in [1.54, 1.807) is 0 Å². The molecule has 2 heterocycles. The number of sulfone groups is 1. The quantitative estimate of drug-likeness (QED) is 0.786. The van der Waals surface area contributed by atoms with Gasteiger partial charge in [-0.15, -0.1) is 0 Å². The van der Waals surface area contributed by atoms with Gasteiger partial charge in [-0.2, -0.15) is 0 Å². The zero-order valence-corrected chi connectivity index (χ0v) is 14.4. The molecule has 2 fully saturated rings. The first kappa shape index (κ1) is 16.8. The van der Waals surface area contributed by atoms with Gasteiger partial charge >= 0.3 is 0 Å². The van der Waals surface area contributed by atoms with E-state index in [1.807, 2.05) is 4.90 Å². The number of rotatable bonds is 2. The van der Waals surface area contributed by atoms with E-state index in [0.29, 0.717) is 24.2 Å². The van der Waals surface area contributed by atoms with Crippen LogP contribution in [0.15, 0.2) is 0 Å². The van der Waals surface area contributed by atoms with Gasteiger partial charge in [0.25, 0.3) is 0 Å². The highest BCUT2D eigenvalue weighted by molar-refractivity contribution is 7.91. The molecule has 0 radical (unpaired) electrons. The van der Waals surface area contributed by atoms with Gasteiger partial charge in [0.2, 0.25) is 5.91 Å². The maximum Gasteiger partial charge on any atom is 0.222 e. The summed E-state index contributed by atoms with van der Waals surface area (Å²) in [6, 6.07) is 0. The number of nitrogens with zero attached hydrogens (tertiary/aromatic N) is 1. The molecule has 2 atom stereocenters. The fraction of sp³-hybridized carbons (Fsp3) is 0.938. The van der Waals surface area contributed by atoms with Crippen molar-refractivity contribution < 1.29 is 13.2 Å². The minimum atomic E-state index is -2.88. The van der Waals surface area contributed by atoms with Crippen molar-refractivity contribution in [3.8, 4) is 0 Å². The average Bonchev–Trinajstić information content (AvgIpc) is 2.59. The lowest BCUT2D eigenvalue weighted by atomic mass is 9.77. The molecule has 0 N–H and O–H groups in total. The number of likely N-dealkylation sites (tertiary alicyclic amines) is 1. The normalized spacial score (nSPS) is 30.1. The first-order valence-electron chi connectivity index (χ1n) is 8.15. The summed E-state index contributed by atoms with van der Waals surface area (Å²) in [6.07, 6.45) is 4.39. The Bertz CT molecular complexity index is 478. The van der Waals surface area contributed by atoms with Crippen LogP contribution in [0.2, 0.25) is 0 Å². The number of hydrogen-bond acceptors (Lipinski definition) is 3. The average molecular weight is 315 g/mol. The molecule has 2 rings (SSSR count). The number of carbonyl (C=O) groups excluding carboxylic acids is 1. The van der Waals surface area contributed by atoms with Crippen molar-refractivity contribution in [3.05, 3.63) is 0 Å². The minimum absolute atomic E-state index is 0.0455. The largest absolute Gasteiger partial charge is 0.343 e. The molecule has 0 bridgehead atoms. The Morgan fingerprint density at radius 1 is 1.14 bits per heavy atom. The number of hydrogen-bond donors (Lipinski definition) is 0. The fourth-order valence-corrected chi connectivity index (χ4v) is 5.48. The highest BCUT2D eigenvalue weighted by Gasteiger charge is 2.32. The van der Waals surface area contributed by atoms with Gasteiger partial charge < -0.3 is 4.90 Å². The highest BCUT2D eigenvalue weighted by Crippen LogP contribution is 2.34. The maximum absolute atomic E-state index is 12.4. The van der Waals surface area contributed by atoms with E-state index in [1.165, 1.54) is 6.42 Å². The molecule has 0 aliphatic carbocycles. The molecule has 2 aliphatic heterocycles. The lowest BCUT2D eigenvalue weighted by Gasteiger charge is -2.29. The Labute approximate surface area is 129 Å². The lowest BCUT2D eigenvalue weighted by Crippen LogP contribution is -2.33. The molecule has 0 aromatic heterocycles. The van der Waals surface area contributed by atoms with E-state index in [2.05, 4.69) is 20.8 Å². The summed E-state index contributed by atoms with van der Waals surface area (Å²) >= 11 is 0. The maximum atomic E-state index is 12.4.